The van der Waals surface area contributed by atoms with Gasteiger partial charge in [0, 0.05) is 25.7 Å². The first-order valence-corrected chi connectivity index (χ1v) is 42.2. The fourth-order valence-corrected chi connectivity index (χ4v) is 13.1. The minimum absolute atomic E-state index is 0.108. The second kappa shape index (κ2) is 68.2. The predicted molar refractivity (Wildman–Crippen MR) is 382 cm³/mol. The highest BCUT2D eigenvalue weighted by Crippen LogP contribution is 2.45. The standard InChI is InChI=1S/C75H146O17P2/c1-6-10-13-16-19-22-24-26-31-34-39-44-49-54-59-73(78)86-65-71(92-75(80)61-56-51-46-41-36-32-28-27-30-33-38-42-47-52-57-68(5)9-4)67-90-94(83,84)88-63-69(76)62-87-93(81,82)89-66-70(64-85-72(77)58-53-48-43-37-21-18-15-12-8-3)91-74(79)60-55-50-45-40-35-29-25-23-20-17-14-11-7-2/h68-71,76H,6-67H2,1-5H3,(H,81,82)(H,83,84)/t68?,69-,70+,71+/m0/s1. The van der Waals surface area contributed by atoms with Crippen LogP contribution in [0.5, 0.6) is 0 Å². The van der Waals surface area contributed by atoms with Gasteiger partial charge in [-0.25, -0.2) is 9.13 Å². The molecule has 3 unspecified atom stereocenters. The van der Waals surface area contributed by atoms with E-state index in [0.29, 0.717) is 25.7 Å². The van der Waals surface area contributed by atoms with Crippen molar-refractivity contribution < 1.29 is 80.2 Å². The van der Waals surface area contributed by atoms with Crippen molar-refractivity contribution in [2.45, 2.75) is 412 Å². The molecule has 558 valence electrons. The van der Waals surface area contributed by atoms with Gasteiger partial charge >= 0.3 is 39.5 Å². The van der Waals surface area contributed by atoms with Crippen molar-refractivity contribution in [1.82, 2.24) is 0 Å². The lowest BCUT2D eigenvalue weighted by atomic mass is 9.99. The van der Waals surface area contributed by atoms with Crippen LogP contribution in [-0.2, 0) is 65.4 Å². The molecule has 0 amide bonds. The molecule has 0 rings (SSSR count). The molecule has 94 heavy (non-hydrogen) atoms. The number of ether oxygens (including phenoxy) is 4. The molecule has 6 atom stereocenters. The number of unbranched alkanes of at least 4 members (excludes halogenated alkanes) is 46. The number of hydrogen-bond donors (Lipinski definition) is 3. The molecule has 0 aliphatic heterocycles. The number of hydrogen-bond acceptors (Lipinski definition) is 15. The monoisotopic (exact) mass is 1380 g/mol. The minimum Gasteiger partial charge on any atom is -0.462 e. The summed E-state index contributed by atoms with van der Waals surface area (Å²) in [5.74, 6) is -1.27. The summed E-state index contributed by atoms with van der Waals surface area (Å²) in [4.78, 5) is 72.7. The zero-order valence-corrected chi connectivity index (χ0v) is 62.9. The van der Waals surface area contributed by atoms with E-state index in [0.717, 1.165) is 95.8 Å². The average Bonchev–Trinajstić information content (AvgIpc) is 2.36. The fourth-order valence-electron chi connectivity index (χ4n) is 11.5. The molecule has 0 saturated carbocycles. The van der Waals surface area contributed by atoms with Gasteiger partial charge in [0.1, 0.15) is 19.3 Å². The fraction of sp³-hybridized carbons (Fsp3) is 0.947. The lowest BCUT2D eigenvalue weighted by Gasteiger charge is -2.21. The van der Waals surface area contributed by atoms with Gasteiger partial charge in [0.05, 0.1) is 26.4 Å². The number of aliphatic hydroxyl groups excluding tert-OH is 1. The number of rotatable bonds is 75. The van der Waals surface area contributed by atoms with Crippen LogP contribution >= 0.6 is 15.6 Å². The van der Waals surface area contributed by atoms with Crippen LogP contribution in [0.25, 0.3) is 0 Å². The van der Waals surface area contributed by atoms with Gasteiger partial charge in [-0.05, 0) is 31.6 Å². The highest BCUT2D eigenvalue weighted by atomic mass is 31.2. The zero-order valence-electron chi connectivity index (χ0n) is 61.1. The van der Waals surface area contributed by atoms with Gasteiger partial charge in [0.15, 0.2) is 12.2 Å². The van der Waals surface area contributed by atoms with Gasteiger partial charge in [0.25, 0.3) is 0 Å². The van der Waals surface area contributed by atoms with E-state index in [4.69, 9.17) is 37.0 Å². The van der Waals surface area contributed by atoms with Crippen LogP contribution in [0.4, 0.5) is 0 Å². The summed E-state index contributed by atoms with van der Waals surface area (Å²) in [5, 5.41) is 10.6. The maximum absolute atomic E-state index is 13.1. The summed E-state index contributed by atoms with van der Waals surface area (Å²) < 4.78 is 68.5. The Hall–Kier alpha value is -1.94. The lowest BCUT2D eigenvalue weighted by molar-refractivity contribution is -0.161. The van der Waals surface area contributed by atoms with Gasteiger partial charge in [-0.15, -0.1) is 0 Å². The number of phosphoric acid groups is 2. The van der Waals surface area contributed by atoms with Crippen LogP contribution < -0.4 is 0 Å². The molecule has 0 saturated heterocycles. The Bertz CT molecular complexity index is 1810. The second-order valence-corrected chi connectivity index (χ2v) is 30.2. The smallest absolute Gasteiger partial charge is 0.462 e. The summed E-state index contributed by atoms with van der Waals surface area (Å²) in [7, 11) is -9.91. The van der Waals surface area contributed by atoms with E-state index in [1.165, 1.54) is 218 Å². The lowest BCUT2D eigenvalue weighted by Crippen LogP contribution is -2.30. The van der Waals surface area contributed by atoms with Gasteiger partial charge in [0.2, 0.25) is 0 Å². The molecule has 0 aliphatic rings. The van der Waals surface area contributed by atoms with Crippen molar-refractivity contribution in [3.8, 4) is 0 Å². The van der Waals surface area contributed by atoms with Crippen molar-refractivity contribution in [2.24, 2.45) is 5.92 Å². The Morgan fingerprint density at radius 1 is 0.298 bits per heavy atom. The highest BCUT2D eigenvalue weighted by Gasteiger charge is 2.30. The van der Waals surface area contributed by atoms with Crippen LogP contribution in [-0.4, -0.2) is 96.7 Å². The topological polar surface area (TPSA) is 237 Å². The Balaban J connectivity index is 5.23. The van der Waals surface area contributed by atoms with Gasteiger partial charge in [-0.3, -0.25) is 37.3 Å². The maximum atomic E-state index is 13.1. The molecule has 19 heteroatoms. The van der Waals surface area contributed by atoms with Gasteiger partial charge in [-0.2, -0.15) is 0 Å². The first kappa shape index (κ1) is 92.1. The van der Waals surface area contributed by atoms with E-state index < -0.39 is 97.5 Å². The predicted octanol–water partition coefficient (Wildman–Crippen LogP) is 22.1. The second-order valence-electron chi connectivity index (χ2n) is 27.3. The summed E-state index contributed by atoms with van der Waals surface area (Å²) in [5.41, 5.74) is 0. The van der Waals surface area contributed by atoms with Crippen LogP contribution in [0.1, 0.15) is 394 Å². The summed E-state index contributed by atoms with van der Waals surface area (Å²) in [6.07, 6.45) is 56.6. The number of esters is 4. The number of aliphatic hydroxyl groups is 1. The summed E-state index contributed by atoms with van der Waals surface area (Å²) >= 11 is 0. The van der Waals surface area contributed by atoms with Crippen molar-refractivity contribution in [1.29, 1.82) is 0 Å². The normalized spacial score (nSPS) is 14.3. The molecule has 0 aromatic rings. The number of carbonyl (C=O) groups is 4. The molecule has 0 aliphatic carbocycles. The molecule has 3 N–H and O–H groups in total. The van der Waals surface area contributed by atoms with E-state index in [-0.39, 0.29) is 25.7 Å². The highest BCUT2D eigenvalue weighted by molar-refractivity contribution is 7.47. The molecule has 0 fully saturated rings. The zero-order chi connectivity index (χ0) is 69.1. The number of phosphoric ester groups is 2. The molecule has 0 heterocycles. The molecule has 17 nitrogen and oxygen atoms in total. The van der Waals surface area contributed by atoms with Gasteiger partial charge < -0.3 is 33.8 Å². The van der Waals surface area contributed by atoms with Crippen molar-refractivity contribution in [3.63, 3.8) is 0 Å². The third-order valence-corrected chi connectivity index (χ3v) is 19.8. The van der Waals surface area contributed by atoms with E-state index in [1.807, 2.05) is 0 Å². The molecular weight excluding hydrogens is 1230 g/mol. The Morgan fingerprint density at radius 3 is 0.755 bits per heavy atom. The first-order valence-electron chi connectivity index (χ1n) is 39.2. The minimum atomic E-state index is -4.96. The number of carbonyl (C=O) groups excluding carboxylic acids is 4. The largest absolute Gasteiger partial charge is 0.472 e. The van der Waals surface area contributed by atoms with E-state index in [1.54, 1.807) is 0 Å². The van der Waals surface area contributed by atoms with Crippen LogP contribution in [0.2, 0.25) is 0 Å². The molecular formula is C75H146O17P2. The quantitative estimate of drug-likeness (QED) is 0.0222. The third kappa shape index (κ3) is 67.3. The Kier molecular flexibility index (Phi) is 66.8. The third-order valence-electron chi connectivity index (χ3n) is 17.9. The Morgan fingerprint density at radius 2 is 0.511 bits per heavy atom. The summed E-state index contributed by atoms with van der Waals surface area (Å²) in [6, 6.07) is 0. The maximum Gasteiger partial charge on any atom is 0.472 e. The Labute approximate surface area is 575 Å². The average molecular weight is 1380 g/mol. The van der Waals surface area contributed by atoms with Crippen molar-refractivity contribution >= 4 is 39.5 Å². The summed E-state index contributed by atoms with van der Waals surface area (Å²) in [6.45, 7) is 7.33. The first-order chi connectivity index (χ1) is 45.6. The molecule has 0 radical (unpaired) electrons. The molecule has 0 bridgehead atoms. The van der Waals surface area contributed by atoms with E-state index >= 15 is 0 Å². The van der Waals surface area contributed by atoms with Gasteiger partial charge in [-0.1, -0.05) is 343 Å². The van der Waals surface area contributed by atoms with Crippen molar-refractivity contribution in [2.75, 3.05) is 39.6 Å². The van der Waals surface area contributed by atoms with Crippen LogP contribution in [0.3, 0.4) is 0 Å². The van der Waals surface area contributed by atoms with Crippen LogP contribution in [0.15, 0.2) is 0 Å². The van der Waals surface area contributed by atoms with E-state index in [2.05, 4.69) is 34.6 Å². The SMILES string of the molecule is CCCCCCCCCCCCCCCCC(=O)OC[C@H](COP(=O)(O)OC[C@@H](O)COP(=O)(O)OC[C@@H](COC(=O)CCCCCCCCCCC)OC(=O)CCCCCCCCCCCCCCC)OC(=O)CCCCCCCCCCCCCCCCC(C)CC. The van der Waals surface area contributed by atoms with Crippen LogP contribution in [0, 0.1) is 5.92 Å². The molecule has 0 spiro atoms. The van der Waals surface area contributed by atoms with E-state index in [9.17, 15) is 43.2 Å². The molecule has 0 aromatic carbocycles. The van der Waals surface area contributed by atoms with Crippen molar-refractivity contribution in [3.05, 3.63) is 0 Å². The molecule has 0 aromatic heterocycles.